The van der Waals surface area contributed by atoms with Crippen LogP contribution in [0.1, 0.15) is 171 Å². The Bertz CT molecular complexity index is 4450. The van der Waals surface area contributed by atoms with Crippen molar-refractivity contribution in [3.8, 4) is 30.1 Å². The average molecular weight is 1650 g/mol. The Labute approximate surface area is 644 Å². The second-order valence-electron chi connectivity index (χ2n) is 31.7. The molecule has 7 fully saturated rings. The van der Waals surface area contributed by atoms with Gasteiger partial charge in [-0.3, -0.25) is 4.99 Å². The Kier molecular flexibility index (Phi) is 25.4. The van der Waals surface area contributed by atoms with Crippen molar-refractivity contribution < 1.29 is 89.2 Å². The van der Waals surface area contributed by atoms with Gasteiger partial charge in [0.2, 0.25) is 0 Å². The van der Waals surface area contributed by atoms with E-state index >= 15 is 4.39 Å². The van der Waals surface area contributed by atoms with Crippen molar-refractivity contribution in [1.82, 2.24) is 16.0 Å². The van der Waals surface area contributed by atoms with Crippen molar-refractivity contribution in [2.45, 2.75) is 230 Å². The molecular weight excluding hydrogens is 1530 g/mol. The Morgan fingerprint density at radius 3 is 1.20 bits per heavy atom. The van der Waals surface area contributed by atoms with E-state index in [2.05, 4.69) is 69.5 Å². The monoisotopic (exact) mass is 1640 g/mol. The number of nitrogens with two attached hydrogens (primary N) is 1. The Morgan fingerprint density at radius 1 is 0.523 bits per heavy atom. The van der Waals surface area contributed by atoms with Crippen LogP contribution >= 0.6 is 15.9 Å². The second kappa shape index (κ2) is 31.5. The Morgan fingerprint density at radius 2 is 0.822 bits per heavy atom. The summed E-state index contributed by atoms with van der Waals surface area (Å²) < 4.78 is 207. The average Bonchev–Trinajstić information content (AvgIpc) is 0.722. The van der Waals surface area contributed by atoms with Crippen molar-refractivity contribution in [3.05, 3.63) is 160 Å². The maximum absolute atomic E-state index is 15.0. The summed E-state index contributed by atoms with van der Waals surface area (Å²) in [7, 11) is -14.7. The molecule has 12 rings (SSSR count). The molecule has 0 radical (unpaired) electrons. The molecule has 0 spiro atoms. The number of sulfone groups is 4. The van der Waals surface area contributed by atoms with E-state index in [1.807, 2.05) is 48.5 Å². The second-order valence-corrected chi connectivity index (χ2v) is 43.4. The molecule has 8 heterocycles. The highest BCUT2D eigenvalue weighted by atomic mass is 79.9. The van der Waals surface area contributed by atoms with E-state index in [4.69, 9.17) is 37.1 Å². The standard InChI is InChI=1S/C21H30FNO4S.C20H29FN2O4S.C17H21BrFNO3S.C17H22FNO4S.C2H2.CH4.2H2/c1-13(2)11-26-16-7-8-18(22)17(10-16)21-12-27-14(3)9-19(21)28(24,25)20(5,6)15(4)23-21;1-12(2)10-26-14-6-7-16(21)15(9-14)20-11-27-13(3)8-17(20)28(24,25)19(4,5)18(22)23-20;1-10-7-15-17(9-23-10,13-8-12(18)5-6-14(13)19)20-11(2)16(3,4)24(15,21)22;1-10-7-15-17(9-23-10,13-8-12(20)5-6-14(13)18)19-11(2)16(3,4)24(15,21)22;1-2;;;/h7-8,10,13-14,19,23H,4,9,11-12H2,1-3,5-6H3;6-7,9,12-13,17H,8,10-11H2,1-5H3,(H2,22,23);5-6,8,10,15,20H,2,7,9H2,1,3-4H3;5-6,8,10,15,19-20H,2,7,9H2,1,3-4H3;1-2H;1H4;2*1H/t14-,19+,21+;13-,17+,20+;2*10-,15+,17+;;;;/m0000..../s1/i;;;;;;1+1D;1+1. The van der Waals surface area contributed by atoms with Gasteiger partial charge in [0, 0.05) is 48.2 Å². The fourth-order valence-electron chi connectivity index (χ4n) is 14.8. The number of phenols is 1. The van der Waals surface area contributed by atoms with Crippen LogP contribution in [0.3, 0.4) is 0 Å². The van der Waals surface area contributed by atoms with Gasteiger partial charge >= 0.3 is 0 Å². The number of phenolic OH excluding ortho intramolecular Hbond substituents is 1. The highest BCUT2D eigenvalue weighted by Crippen LogP contribution is 2.53. The minimum Gasteiger partial charge on any atom is -0.508 e. The summed E-state index contributed by atoms with van der Waals surface area (Å²) in [5.74, 6) is -0.679. The van der Waals surface area contributed by atoms with Crippen LogP contribution in [0.15, 0.2) is 119 Å². The number of benzene rings is 4. The van der Waals surface area contributed by atoms with Gasteiger partial charge in [0.15, 0.2) is 39.3 Å². The number of amidine groups is 1. The first-order valence-electron chi connectivity index (χ1n) is 36.2. The van der Waals surface area contributed by atoms with Crippen LogP contribution < -0.4 is 31.2 Å². The highest BCUT2D eigenvalue weighted by Gasteiger charge is 2.66. The number of rotatable bonds is 10. The van der Waals surface area contributed by atoms with Crippen LogP contribution in [-0.4, -0.2) is 149 Å². The third-order valence-corrected chi connectivity index (χ3v) is 34.6. The highest BCUT2D eigenvalue weighted by molar-refractivity contribution is 9.10. The molecule has 12 atom stereocenters. The molecule has 0 aliphatic carbocycles. The van der Waals surface area contributed by atoms with E-state index < -0.39 is 125 Å². The summed E-state index contributed by atoms with van der Waals surface area (Å²) in [6.07, 6.45) is 8.06. The largest absolute Gasteiger partial charge is 0.508 e. The van der Waals surface area contributed by atoms with Crippen molar-refractivity contribution >= 4 is 61.1 Å². The van der Waals surface area contributed by atoms with Gasteiger partial charge in [-0.15, -0.1) is 12.8 Å². The molecule has 29 heteroatoms. The number of terminal acetylenes is 1. The topological polar surface area (TPSA) is 287 Å². The number of halogens is 5. The fraction of sp³-hybridized carbons (Fsp3) is 0.577. The number of fused-ring (bicyclic) bond motifs is 4. The summed E-state index contributed by atoms with van der Waals surface area (Å²) in [6.45, 7) is 40.9. The summed E-state index contributed by atoms with van der Waals surface area (Å²) >= 11 is 3.35. The molecule has 107 heavy (non-hydrogen) atoms. The first kappa shape index (κ1) is 86.4. The van der Waals surface area contributed by atoms with Crippen molar-refractivity contribution in [1.29, 1.82) is 0 Å². The molecule has 4 aromatic rings. The van der Waals surface area contributed by atoms with Crippen molar-refractivity contribution in [3.63, 3.8) is 0 Å². The van der Waals surface area contributed by atoms with Gasteiger partial charge in [0.1, 0.15) is 87.5 Å². The summed E-state index contributed by atoms with van der Waals surface area (Å²) in [5.41, 5.74) is 2.71. The maximum Gasteiger partial charge on any atom is 0.168 e. The van der Waals surface area contributed by atoms with Gasteiger partial charge in [-0.1, -0.05) is 70.8 Å². The molecule has 7 saturated heterocycles. The van der Waals surface area contributed by atoms with E-state index in [0.29, 0.717) is 64.5 Å². The quantitative estimate of drug-likeness (QED) is 0.0728. The van der Waals surface area contributed by atoms with E-state index in [9.17, 15) is 51.9 Å². The number of hydrogen-bond donors (Lipinski definition) is 5. The number of nitrogens with zero attached hydrogens (tertiary/aromatic N) is 1. The third kappa shape index (κ3) is 15.5. The molecule has 4 aromatic carbocycles. The fourth-order valence-corrected chi connectivity index (χ4v) is 24.7. The Balaban J connectivity index is 0.000000257. The molecule has 0 saturated carbocycles. The number of aromatic hydroxyl groups is 1. The number of aliphatic imine (C=N–C) groups is 1. The van der Waals surface area contributed by atoms with Gasteiger partial charge in [-0.2, -0.15) is 0 Å². The SMILES string of the molecule is C.C#C.C=C1N[C@@]2(c3cc(Br)ccc3F)CO[C@@H](C)C[C@H]2S(=O)(=O)C1(C)C.C=C1N[C@@]2(c3cc(O)ccc3F)CO[C@@H](C)C[C@H]2S(=O)(=O)C1(C)C.C=C1N[C@@]2(c3cc(OCC(C)C)ccc3F)CO[C@@H](C)C[C@H]2S(=O)(=O)C1(C)C.CC(C)COc1ccc(F)c([C@]23CO[C@@H](C)C[C@H]2S(=O)(=O)C(C)(C)C(N)=N3)c1.[2HH].[2H][2H]. The van der Waals surface area contributed by atoms with Crippen LogP contribution in [0.2, 0.25) is 0 Å². The number of nitrogens with one attached hydrogen (secondary N) is 3. The summed E-state index contributed by atoms with van der Waals surface area (Å²) in [5, 5.41) is 16.0. The number of hydrogen-bond acceptors (Lipinski definition) is 20. The van der Waals surface area contributed by atoms with Crippen molar-refractivity contribution in [2.75, 3.05) is 39.6 Å². The lowest BCUT2D eigenvalue weighted by atomic mass is 9.81. The molecular formula is C78H112BrF4N5O15S4. The van der Waals surface area contributed by atoms with Crippen LogP contribution in [0, 0.1) is 48.0 Å². The molecule has 8 aliphatic rings. The lowest BCUT2D eigenvalue weighted by molar-refractivity contribution is -0.0314. The van der Waals surface area contributed by atoms with Gasteiger partial charge in [-0.05, 0) is 193 Å². The van der Waals surface area contributed by atoms with Crippen molar-refractivity contribution in [2.24, 2.45) is 22.6 Å². The number of ether oxygens (including phenoxy) is 6. The Hall–Kier alpha value is -6.23. The maximum atomic E-state index is 15.0. The summed E-state index contributed by atoms with van der Waals surface area (Å²) in [6, 6.07) is 17.0. The molecule has 0 amide bonds. The third-order valence-electron chi connectivity index (χ3n) is 22.2. The molecule has 6 N–H and O–H groups in total. The predicted molar refractivity (Wildman–Crippen MR) is 419 cm³/mol. The van der Waals surface area contributed by atoms with Gasteiger partial charge in [0.05, 0.1) is 85.1 Å². The molecule has 20 nitrogen and oxygen atoms in total. The molecule has 598 valence electrons. The summed E-state index contributed by atoms with van der Waals surface area (Å²) in [4.78, 5) is 4.58. The molecule has 0 bridgehead atoms. The zero-order valence-electron chi connectivity index (χ0n) is 65.3. The normalized spacial score (nSPS) is 31.8. The molecule has 0 aromatic heterocycles. The molecule has 8 aliphatic heterocycles. The van der Waals surface area contributed by atoms with Crippen LogP contribution in [0.4, 0.5) is 17.6 Å². The molecule has 0 unspecified atom stereocenters. The first-order chi connectivity index (χ1) is 49.9. The first-order valence-corrected chi connectivity index (χ1v) is 42.2. The lowest BCUT2D eigenvalue weighted by Crippen LogP contribution is -2.69. The van der Waals surface area contributed by atoms with E-state index in [-0.39, 0.29) is 113 Å². The van der Waals surface area contributed by atoms with E-state index in [1.54, 1.807) is 86.6 Å². The minimum absolute atomic E-state index is 0. The van der Waals surface area contributed by atoms with Gasteiger partial charge < -0.3 is 55.2 Å². The van der Waals surface area contributed by atoms with Gasteiger partial charge in [0.25, 0.3) is 0 Å². The zero-order chi connectivity index (χ0) is 81.6. The van der Waals surface area contributed by atoms with E-state index in [0.717, 1.165) is 6.07 Å². The van der Waals surface area contributed by atoms with Crippen LogP contribution in [0.25, 0.3) is 0 Å². The van der Waals surface area contributed by atoms with Gasteiger partial charge in [-0.25, -0.2) is 51.2 Å². The van der Waals surface area contributed by atoms with E-state index in [1.165, 1.54) is 42.5 Å². The zero-order valence-corrected chi connectivity index (χ0v) is 68.1. The van der Waals surface area contributed by atoms with Crippen LogP contribution in [-0.2, 0) is 80.5 Å². The lowest BCUT2D eigenvalue weighted by Gasteiger charge is -2.54. The smallest absolute Gasteiger partial charge is 0.168 e. The van der Waals surface area contributed by atoms with Crippen LogP contribution in [0.5, 0.6) is 17.2 Å². The predicted octanol–water partition coefficient (Wildman–Crippen LogP) is 13.2. The minimum atomic E-state index is -3.75.